The standard InChI is InChI=1S/C13H16N2O4/c1-3-19-13(18)11(10(14)12(16)17)15-9-7-5-4-6-8(9)2/h4-7,10H,3,14H2,1-2H3,(H,16,17). The molecule has 0 aliphatic heterocycles. The maximum atomic E-state index is 11.7. The number of ether oxygens (including phenoxy) is 1. The van der Waals surface area contributed by atoms with Gasteiger partial charge in [0.05, 0.1) is 12.3 Å². The normalized spacial score (nSPS) is 12.9. The van der Waals surface area contributed by atoms with Crippen molar-refractivity contribution in [1.29, 1.82) is 0 Å². The molecule has 0 heterocycles. The van der Waals surface area contributed by atoms with E-state index in [0.29, 0.717) is 5.69 Å². The zero-order valence-electron chi connectivity index (χ0n) is 10.8. The van der Waals surface area contributed by atoms with Gasteiger partial charge in [-0.2, -0.15) is 0 Å². The van der Waals surface area contributed by atoms with Crippen LogP contribution in [0.4, 0.5) is 5.69 Å². The molecule has 0 aromatic heterocycles. The van der Waals surface area contributed by atoms with E-state index in [9.17, 15) is 9.59 Å². The van der Waals surface area contributed by atoms with E-state index in [2.05, 4.69) is 4.99 Å². The topological polar surface area (TPSA) is 102 Å². The molecule has 0 spiro atoms. The number of benzene rings is 1. The zero-order chi connectivity index (χ0) is 14.4. The van der Waals surface area contributed by atoms with E-state index in [4.69, 9.17) is 15.6 Å². The van der Waals surface area contributed by atoms with Gasteiger partial charge in [0.15, 0.2) is 11.8 Å². The molecular weight excluding hydrogens is 248 g/mol. The van der Waals surface area contributed by atoms with Crippen molar-refractivity contribution in [3.63, 3.8) is 0 Å². The molecule has 0 radical (unpaired) electrons. The van der Waals surface area contributed by atoms with Crippen LogP contribution in [0.1, 0.15) is 12.5 Å². The fourth-order valence-electron chi connectivity index (χ4n) is 1.38. The molecule has 102 valence electrons. The number of esters is 1. The highest BCUT2D eigenvalue weighted by molar-refractivity contribution is 6.42. The second-order valence-corrected chi connectivity index (χ2v) is 3.82. The Balaban J connectivity index is 3.20. The summed E-state index contributed by atoms with van der Waals surface area (Å²) in [7, 11) is 0. The van der Waals surface area contributed by atoms with Crippen LogP contribution in [-0.2, 0) is 14.3 Å². The molecule has 1 aromatic rings. The second-order valence-electron chi connectivity index (χ2n) is 3.82. The van der Waals surface area contributed by atoms with Crippen LogP contribution >= 0.6 is 0 Å². The maximum absolute atomic E-state index is 11.7. The van der Waals surface area contributed by atoms with E-state index in [-0.39, 0.29) is 12.3 Å². The van der Waals surface area contributed by atoms with Crippen molar-refractivity contribution >= 4 is 23.3 Å². The quantitative estimate of drug-likeness (QED) is 0.611. The first-order valence-corrected chi connectivity index (χ1v) is 5.77. The van der Waals surface area contributed by atoms with E-state index >= 15 is 0 Å². The average molecular weight is 264 g/mol. The molecule has 3 N–H and O–H groups in total. The number of aryl methyl sites for hydroxylation is 1. The molecule has 19 heavy (non-hydrogen) atoms. The van der Waals surface area contributed by atoms with Gasteiger partial charge in [0, 0.05) is 0 Å². The monoisotopic (exact) mass is 264 g/mol. The van der Waals surface area contributed by atoms with Gasteiger partial charge >= 0.3 is 11.9 Å². The number of aliphatic imine (C=N–C) groups is 1. The van der Waals surface area contributed by atoms with Gasteiger partial charge in [0.25, 0.3) is 0 Å². The van der Waals surface area contributed by atoms with E-state index in [1.54, 1.807) is 32.0 Å². The number of rotatable bonds is 5. The van der Waals surface area contributed by atoms with Crippen molar-refractivity contribution in [3.8, 4) is 0 Å². The van der Waals surface area contributed by atoms with Crippen LogP contribution in [0.2, 0.25) is 0 Å². The minimum atomic E-state index is -1.52. The summed E-state index contributed by atoms with van der Waals surface area (Å²) in [6, 6.07) is 5.51. The lowest BCUT2D eigenvalue weighted by molar-refractivity contribution is -0.140. The third-order valence-corrected chi connectivity index (χ3v) is 2.40. The molecule has 6 heteroatoms. The molecule has 1 aromatic carbocycles. The number of aliphatic carboxylic acids is 1. The van der Waals surface area contributed by atoms with Gasteiger partial charge in [-0.25, -0.2) is 9.79 Å². The van der Waals surface area contributed by atoms with Crippen LogP contribution in [0.25, 0.3) is 0 Å². The Kier molecular flexibility index (Phi) is 5.20. The van der Waals surface area contributed by atoms with Gasteiger partial charge in [0.2, 0.25) is 0 Å². The van der Waals surface area contributed by atoms with Crippen molar-refractivity contribution in [2.75, 3.05) is 6.61 Å². The zero-order valence-corrected chi connectivity index (χ0v) is 10.8. The summed E-state index contributed by atoms with van der Waals surface area (Å²) >= 11 is 0. The Hall–Kier alpha value is -2.21. The third kappa shape index (κ3) is 3.89. The summed E-state index contributed by atoms with van der Waals surface area (Å²) in [4.78, 5) is 26.7. The van der Waals surface area contributed by atoms with Crippen LogP contribution < -0.4 is 5.73 Å². The molecule has 0 saturated heterocycles. The molecule has 0 aliphatic rings. The minimum absolute atomic E-state index is 0.123. The van der Waals surface area contributed by atoms with Crippen LogP contribution in [0.5, 0.6) is 0 Å². The highest BCUT2D eigenvalue weighted by Crippen LogP contribution is 2.18. The Morgan fingerprint density at radius 1 is 1.42 bits per heavy atom. The molecule has 0 bridgehead atoms. The van der Waals surface area contributed by atoms with Gasteiger partial charge in [-0.1, -0.05) is 18.2 Å². The van der Waals surface area contributed by atoms with E-state index in [1.165, 1.54) is 0 Å². The van der Waals surface area contributed by atoms with Crippen molar-refractivity contribution in [2.24, 2.45) is 10.7 Å². The number of nitrogens with two attached hydrogens (primary N) is 1. The lowest BCUT2D eigenvalue weighted by Crippen LogP contribution is -2.43. The molecule has 1 rings (SSSR count). The van der Waals surface area contributed by atoms with Crippen LogP contribution in [0.15, 0.2) is 29.3 Å². The summed E-state index contributed by atoms with van der Waals surface area (Å²) in [5.74, 6) is -2.15. The molecular formula is C13H16N2O4. The van der Waals surface area contributed by atoms with Gasteiger partial charge in [-0.15, -0.1) is 0 Å². The average Bonchev–Trinajstić information content (AvgIpc) is 2.37. The number of carbonyl (C=O) groups excluding carboxylic acids is 1. The van der Waals surface area contributed by atoms with Crippen molar-refractivity contribution < 1.29 is 19.4 Å². The number of hydrogen-bond donors (Lipinski definition) is 2. The molecule has 1 atom stereocenters. The Bertz CT molecular complexity index is 511. The number of para-hydroxylation sites is 1. The van der Waals surface area contributed by atoms with Gasteiger partial charge in [0.1, 0.15) is 0 Å². The Morgan fingerprint density at radius 2 is 2.05 bits per heavy atom. The summed E-state index contributed by atoms with van der Waals surface area (Å²) in [6.07, 6.45) is 0. The van der Waals surface area contributed by atoms with Crippen LogP contribution in [0.3, 0.4) is 0 Å². The molecule has 1 unspecified atom stereocenters. The number of nitrogens with zero attached hydrogens (tertiary/aromatic N) is 1. The van der Waals surface area contributed by atoms with Crippen molar-refractivity contribution in [2.45, 2.75) is 19.9 Å². The minimum Gasteiger partial charge on any atom is -0.480 e. The van der Waals surface area contributed by atoms with Crippen molar-refractivity contribution in [1.82, 2.24) is 0 Å². The number of carbonyl (C=O) groups is 2. The first kappa shape index (κ1) is 14.8. The molecule has 0 fully saturated rings. The first-order valence-electron chi connectivity index (χ1n) is 5.77. The fourth-order valence-corrected chi connectivity index (χ4v) is 1.38. The molecule has 0 amide bonds. The summed E-state index contributed by atoms with van der Waals surface area (Å²) < 4.78 is 4.77. The highest BCUT2D eigenvalue weighted by Gasteiger charge is 2.27. The summed E-state index contributed by atoms with van der Waals surface area (Å²) in [5, 5.41) is 8.90. The number of carboxylic acids is 1. The van der Waals surface area contributed by atoms with Crippen molar-refractivity contribution in [3.05, 3.63) is 29.8 Å². The van der Waals surface area contributed by atoms with Gasteiger partial charge in [-0.05, 0) is 25.5 Å². The lowest BCUT2D eigenvalue weighted by atomic mass is 10.1. The lowest BCUT2D eigenvalue weighted by Gasteiger charge is -2.10. The Labute approximate surface area is 110 Å². The predicted molar refractivity (Wildman–Crippen MR) is 70.5 cm³/mol. The molecule has 0 aliphatic carbocycles. The van der Waals surface area contributed by atoms with E-state index in [0.717, 1.165) is 5.56 Å². The largest absolute Gasteiger partial charge is 0.480 e. The maximum Gasteiger partial charge on any atom is 0.354 e. The third-order valence-electron chi connectivity index (χ3n) is 2.40. The molecule has 6 nitrogen and oxygen atoms in total. The SMILES string of the molecule is CCOC(=O)C(=Nc1ccccc1C)C(N)C(=O)O. The summed E-state index contributed by atoms with van der Waals surface area (Å²) in [5.41, 5.74) is 6.44. The highest BCUT2D eigenvalue weighted by atomic mass is 16.5. The van der Waals surface area contributed by atoms with E-state index < -0.39 is 18.0 Å². The molecule has 0 saturated carbocycles. The van der Waals surface area contributed by atoms with Gasteiger partial charge < -0.3 is 15.6 Å². The fraction of sp³-hybridized carbons (Fsp3) is 0.308. The van der Waals surface area contributed by atoms with E-state index in [1.807, 2.05) is 6.07 Å². The Morgan fingerprint density at radius 3 is 2.58 bits per heavy atom. The van der Waals surface area contributed by atoms with Gasteiger partial charge in [-0.3, -0.25) is 4.79 Å². The number of carboxylic acid groups (broad SMARTS) is 1. The first-order chi connectivity index (χ1) is 8.97. The number of hydrogen-bond acceptors (Lipinski definition) is 5. The smallest absolute Gasteiger partial charge is 0.354 e. The van der Waals surface area contributed by atoms with Crippen LogP contribution in [-0.4, -0.2) is 35.4 Å². The van der Waals surface area contributed by atoms with Crippen LogP contribution in [0, 0.1) is 6.92 Å². The predicted octanol–water partition coefficient (Wildman–Crippen LogP) is 1.04. The summed E-state index contributed by atoms with van der Waals surface area (Å²) in [6.45, 7) is 3.54. The second kappa shape index (κ2) is 6.65.